The molecule has 0 saturated heterocycles. The van der Waals surface area contributed by atoms with Gasteiger partial charge in [-0.05, 0) is 30.9 Å². The first-order chi connectivity index (χ1) is 7.52. The Morgan fingerprint density at radius 2 is 2.19 bits per heavy atom. The summed E-state index contributed by atoms with van der Waals surface area (Å²) in [5, 5.41) is 0. The summed E-state index contributed by atoms with van der Waals surface area (Å²) in [6.45, 7) is 0. The predicted octanol–water partition coefficient (Wildman–Crippen LogP) is 1.47. The second kappa shape index (κ2) is 5.87. The first-order valence-electron chi connectivity index (χ1n) is 5.02. The summed E-state index contributed by atoms with van der Waals surface area (Å²) in [4.78, 5) is 21.7. The Bertz CT molecular complexity index is 360. The van der Waals surface area contributed by atoms with E-state index >= 15 is 0 Å². The van der Waals surface area contributed by atoms with Gasteiger partial charge in [-0.3, -0.25) is 4.79 Å². The van der Waals surface area contributed by atoms with E-state index in [1.807, 2.05) is 0 Å². The lowest BCUT2D eigenvalue weighted by Crippen LogP contribution is -2.23. The molecular weight excluding hydrogens is 229 g/mol. The van der Waals surface area contributed by atoms with Crippen molar-refractivity contribution in [1.82, 2.24) is 4.90 Å². The van der Waals surface area contributed by atoms with Crippen LogP contribution in [0.2, 0.25) is 0 Å². The molecule has 1 aliphatic carbocycles. The second-order valence-corrected chi connectivity index (χ2v) is 4.51. The third-order valence-corrected chi connectivity index (χ3v) is 2.70. The van der Waals surface area contributed by atoms with Gasteiger partial charge in [0.2, 0.25) is 5.91 Å². The standard InChI is InChI=1S/C10H16NO4P/c1-11(2)10(12)9-5-3-4-8(9)6-7-15-16(13)14/h6-7,16H,3-5H2,1-2H3,(H,13,14). The highest BCUT2D eigenvalue weighted by atomic mass is 31.1. The van der Waals surface area contributed by atoms with Gasteiger partial charge in [0.15, 0.2) is 0 Å². The Morgan fingerprint density at radius 1 is 1.50 bits per heavy atom. The van der Waals surface area contributed by atoms with Gasteiger partial charge >= 0.3 is 8.25 Å². The zero-order chi connectivity index (χ0) is 12.1. The second-order valence-electron chi connectivity index (χ2n) is 3.74. The van der Waals surface area contributed by atoms with Crippen LogP contribution in [-0.2, 0) is 13.9 Å². The van der Waals surface area contributed by atoms with Crippen LogP contribution in [0.25, 0.3) is 0 Å². The van der Waals surface area contributed by atoms with E-state index in [0.717, 1.165) is 30.4 Å². The molecule has 16 heavy (non-hydrogen) atoms. The Morgan fingerprint density at radius 3 is 2.75 bits per heavy atom. The smallest absolute Gasteiger partial charge is 0.364 e. The van der Waals surface area contributed by atoms with Crippen molar-refractivity contribution in [3.05, 3.63) is 23.5 Å². The summed E-state index contributed by atoms with van der Waals surface area (Å²) in [5.74, 6) is -0.00574. The van der Waals surface area contributed by atoms with Crippen LogP contribution in [0.4, 0.5) is 0 Å². The minimum atomic E-state index is -2.93. The molecule has 0 spiro atoms. The number of rotatable bonds is 4. The summed E-state index contributed by atoms with van der Waals surface area (Å²) in [6.07, 6.45) is 5.28. The van der Waals surface area contributed by atoms with Crippen LogP contribution in [0.5, 0.6) is 0 Å². The largest absolute Gasteiger partial charge is 0.434 e. The van der Waals surface area contributed by atoms with Crippen LogP contribution in [0.3, 0.4) is 0 Å². The number of carbonyl (C=O) groups is 1. The lowest BCUT2D eigenvalue weighted by Gasteiger charge is -2.11. The molecule has 0 heterocycles. The normalized spacial score (nSPS) is 17.9. The number of likely N-dealkylation sites (N-methyl/N-ethyl adjacent to an activating group) is 1. The van der Waals surface area contributed by atoms with Gasteiger partial charge < -0.3 is 14.3 Å². The molecule has 1 atom stereocenters. The van der Waals surface area contributed by atoms with E-state index in [1.54, 1.807) is 20.2 Å². The maximum Gasteiger partial charge on any atom is 0.364 e. The van der Waals surface area contributed by atoms with Gasteiger partial charge in [-0.1, -0.05) is 0 Å². The molecule has 0 saturated carbocycles. The molecule has 0 radical (unpaired) electrons. The lowest BCUT2D eigenvalue weighted by atomic mass is 10.1. The topological polar surface area (TPSA) is 66.8 Å². The molecule has 0 fully saturated rings. The number of allylic oxidation sites excluding steroid dienone is 2. The van der Waals surface area contributed by atoms with Crippen molar-refractivity contribution in [2.45, 2.75) is 19.3 Å². The van der Waals surface area contributed by atoms with E-state index < -0.39 is 8.25 Å². The van der Waals surface area contributed by atoms with Crippen LogP contribution in [0, 0.1) is 0 Å². The Balaban J connectivity index is 2.75. The van der Waals surface area contributed by atoms with Gasteiger partial charge in [0.25, 0.3) is 0 Å². The highest BCUT2D eigenvalue weighted by Gasteiger charge is 2.20. The highest BCUT2D eigenvalue weighted by Crippen LogP contribution is 2.28. The van der Waals surface area contributed by atoms with Crippen molar-refractivity contribution in [3.8, 4) is 0 Å². The Labute approximate surface area is 95.3 Å². The maximum absolute atomic E-state index is 11.7. The van der Waals surface area contributed by atoms with Crippen molar-refractivity contribution in [2.24, 2.45) is 0 Å². The number of carbonyl (C=O) groups excluding carboxylic acids is 1. The molecule has 1 unspecified atom stereocenters. The number of hydrogen-bond donors (Lipinski definition) is 1. The summed E-state index contributed by atoms with van der Waals surface area (Å²) in [7, 11) is 0.479. The molecule has 1 aliphatic rings. The highest BCUT2D eigenvalue weighted by molar-refractivity contribution is 7.32. The average Bonchev–Trinajstić information content (AvgIpc) is 2.64. The monoisotopic (exact) mass is 245 g/mol. The zero-order valence-corrected chi connectivity index (χ0v) is 10.4. The maximum atomic E-state index is 11.7. The van der Waals surface area contributed by atoms with E-state index in [9.17, 15) is 9.36 Å². The molecule has 1 N–H and O–H groups in total. The fourth-order valence-corrected chi connectivity index (χ4v) is 1.82. The quantitative estimate of drug-likeness (QED) is 0.601. The zero-order valence-electron chi connectivity index (χ0n) is 9.40. The van der Waals surface area contributed by atoms with E-state index in [-0.39, 0.29) is 5.91 Å². The Hall–Kier alpha value is -1.06. The first-order valence-corrected chi connectivity index (χ1v) is 6.28. The number of hydrogen-bond acceptors (Lipinski definition) is 3. The molecule has 0 aliphatic heterocycles. The molecule has 6 heteroatoms. The average molecular weight is 245 g/mol. The van der Waals surface area contributed by atoms with Crippen LogP contribution in [0.15, 0.2) is 23.5 Å². The van der Waals surface area contributed by atoms with Gasteiger partial charge in [-0.2, -0.15) is 0 Å². The van der Waals surface area contributed by atoms with E-state index in [4.69, 9.17) is 4.89 Å². The molecule has 1 rings (SSSR count). The van der Waals surface area contributed by atoms with Gasteiger partial charge in [-0.15, -0.1) is 0 Å². The van der Waals surface area contributed by atoms with Crippen molar-refractivity contribution in [2.75, 3.05) is 14.1 Å². The fraction of sp³-hybridized carbons (Fsp3) is 0.500. The molecule has 1 amide bonds. The third kappa shape index (κ3) is 3.51. The molecule has 0 aromatic rings. The Kier molecular flexibility index (Phi) is 4.77. The molecule has 0 aromatic carbocycles. The van der Waals surface area contributed by atoms with Crippen molar-refractivity contribution >= 4 is 14.2 Å². The first kappa shape index (κ1) is 13.0. The van der Waals surface area contributed by atoms with Crippen LogP contribution in [-0.4, -0.2) is 29.8 Å². The molecule has 90 valence electrons. The number of amides is 1. The van der Waals surface area contributed by atoms with Gasteiger partial charge in [0.05, 0.1) is 6.26 Å². The fourth-order valence-electron chi connectivity index (χ4n) is 1.64. The van der Waals surface area contributed by atoms with Crippen LogP contribution in [0.1, 0.15) is 19.3 Å². The summed E-state index contributed by atoms with van der Waals surface area (Å²) < 4.78 is 14.8. The SMILES string of the molecule is CN(C)C(=O)C1=C(C=CO[PH](=O)O)CCC1. The minimum Gasteiger partial charge on any atom is -0.434 e. The van der Waals surface area contributed by atoms with E-state index in [1.165, 1.54) is 11.2 Å². The van der Waals surface area contributed by atoms with Crippen LogP contribution >= 0.6 is 8.25 Å². The molecular formula is C10H16NO4P. The lowest BCUT2D eigenvalue weighted by molar-refractivity contribution is -0.124. The van der Waals surface area contributed by atoms with E-state index in [2.05, 4.69) is 4.52 Å². The molecule has 0 aromatic heterocycles. The number of nitrogens with zero attached hydrogens (tertiary/aromatic N) is 1. The third-order valence-electron chi connectivity index (χ3n) is 2.36. The van der Waals surface area contributed by atoms with Crippen LogP contribution < -0.4 is 0 Å². The summed E-state index contributed by atoms with van der Waals surface area (Å²) >= 11 is 0. The molecule has 0 bridgehead atoms. The molecule has 5 nitrogen and oxygen atoms in total. The van der Waals surface area contributed by atoms with Gasteiger partial charge in [0.1, 0.15) is 0 Å². The van der Waals surface area contributed by atoms with Crippen molar-refractivity contribution < 1.29 is 18.8 Å². The summed E-state index contributed by atoms with van der Waals surface area (Å²) in [6, 6.07) is 0. The van der Waals surface area contributed by atoms with Gasteiger partial charge in [-0.25, -0.2) is 4.57 Å². The predicted molar refractivity (Wildman–Crippen MR) is 61.0 cm³/mol. The minimum absolute atomic E-state index is 0.00574. The van der Waals surface area contributed by atoms with E-state index in [0.29, 0.717) is 0 Å². The van der Waals surface area contributed by atoms with Crippen molar-refractivity contribution in [1.29, 1.82) is 0 Å². The summed E-state index contributed by atoms with van der Waals surface area (Å²) in [5.41, 5.74) is 1.66. The van der Waals surface area contributed by atoms with Crippen molar-refractivity contribution in [3.63, 3.8) is 0 Å². The van der Waals surface area contributed by atoms with Gasteiger partial charge in [0, 0.05) is 19.7 Å².